The number of nitrogens with one attached hydrogen (secondary N) is 1. The standard InChI is InChI=1S/C23H26N4O3/c1-4-22(19-10-8-18(9-11-19)16(2)3)25-23(28)20-7-5-6-17(12-20)14-26-15-21(13-24-26)27(29)30/h5-13,15-16,22H,4,14H2,1-3H3,(H,25,28)/t22-/m0/s1. The molecule has 0 aliphatic heterocycles. The van der Waals surface area contributed by atoms with Crippen LogP contribution in [0.1, 0.15) is 66.2 Å². The predicted octanol–water partition coefficient (Wildman–Crippen LogP) is 4.84. The van der Waals surface area contributed by atoms with Crippen LogP contribution in [-0.2, 0) is 6.54 Å². The molecule has 2 aromatic carbocycles. The molecule has 1 amide bonds. The van der Waals surface area contributed by atoms with E-state index in [4.69, 9.17) is 0 Å². The van der Waals surface area contributed by atoms with E-state index in [-0.39, 0.29) is 17.6 Å². The van der Waals surface area contributed by atoms with Crippen LogP contribution in [0.15, 0.2) is 60.9 Å². The van der Waals surface area contributed by atoms with Gasteiger partial charge in [-0.3, -0.25) is 19.6 Å². The SMILES string of the molecule is CC[C@H](NC(=O)c1cccc(Cn2cc([N+](=O)[O-])cn2)c1)c1ccc(C(C)C)cc1. The van der Waals surface area contributed by atoms with E-state index < -0.39 is 4.92 Å². The molecule has 1 N–H and O–H groups in total. The van der Waals surface area contributed by atoms with Crippen molar-refractivity contribution >= 4 is 11.6 Å². The Bertz CT molecular complexity index is 1020. The van der Waals surface area contributed by atoms with Gasteiger partial charge in [-0.05, 0) is 41.2 Å². The molecule has 0 aliphatic carbocycles. The van der Waals surface area contributed by atoms with Crippen molar-refractivity contribution in [1.29, 1.82) is 0 Å². The van der Waals surface area contributed by atoms with Gasteiger partial charge in [0.2, 0.25) is 0 Å². The van der Waals surface area contributed by atoms with E-state index in [1.54, 1.807) is 18.2 Å². The number of benzene rings is 2. The summed E-state index contributed by atoms with van der Waals surface area (Å²) in [6.07, 6.45) is 3.37. The summed E-state index contributed by atoms with van der Waals surface area (Å²) in [7, 11) is 0. The average Bonchev–Trinajstić information content (AvgIpc) is 3.21. The van der Waals surface area contributed by atoms with Gasteiger partial charge < -0.3 is 5.32 Å². The average molecular weight is 406 g/mol. The molecule has 30 heavy (non-hydrogen) atoms. The fourth-order valence-corrected chi connectivity index (χ4v) is 3.31. The van der Waals surface area contributed by atoms with Crippen molar-refractivity contribution in [2.24, 2.45) is 0 Å². The Morgan fingerprint density at radius 3 is 2.47 bits per heavy atom. The van der Waals surface area contributed by atoms with E-state index in [1.807, 2.05) is 13.0 Å². The van der Waals surface area contributed by atoms with E-state index in [1.165, 1.54) is 22.6 Å². The van der Waals surface area contributed by atoms with Gasteiger partial charge in [-0.15, -0.1) is 0 Å². The van der Waals surface area contributed by atoms with Gasteiger partial charge in [0.25, 0.3) is 5.91 Å². The second-order valence-electron chi connectivity index (χ2n) is 7.61. The Morgan fingerprint density at radius 1 is 1.17 bits per heavy atom. The summed E-state index contributed by atoms with van der Waals surface area (Å²) >= 11 is 0. The van der Waals surface area contributed by atoms with Crippen molar-refractivity contribution in [3.05, 3.63) is 93.3 Å². The number of amides is 1. The number of nitro groups is 1. The molecule has 0 radical (unpaired) electrons. The molecule has 7 heteroatoms. The van der Waals surface area contributed by atoms with Crippen LogP contribution in [0.5, 0.6) is 0 Å². The van der Waals surface area contributed by atoms with Gasteiger partial charge in [-0.25, -0.2) is 0 Å². The molecular weight excluding hydrogens is 380 g/mol. The van der Waals surface area contributed by atoms with Crippen LogP contribution in [0.2, 0.25) is 0 Å². The normalized spacial score (nSPS) is 12.0. The quantitative estimate of drug-likeness (QED) is 0.428. The second kappa shape index (κ2) is 9.35. The lowest BCUT2D eigenvalue weighted by Crippen LogP contribution is -2.28. The van der Waals surface area contributed by atoms with Crippen molar-refractivity contribution in [3.8, 4) is 0 Å². The highest BCUT2D eigenvalue weighted by molar-refractivity contribution is 5.94. The zero-order chi connectivity index (χ0) is 21.7. The van der Waals surface area contributed by atoms with Crippen molar-refractivity contribution in [3.63, 3.8) is 0 Å². The lowest BCUT2D eigenvalue weighted by atomic mass is 9.98. The number of carbonyl (C=O) groups is 1. The van der Waals surface area contributed by atoms with Crippen LogP contribution < -0.4 is 5.32 Å². The maximum atomic E-state index is 12.8. The molecule has 0 spiro atoms. The smallest absolute Gasteiger partial charge is 0.307 e. The molecule has 0 fully saturated rings. The minimum Gasteiger partial charge on any atom is -0.345 e. The first kappa shape index (κ1) is 21.2. The van der Waals surface area contributed by atoms with Crippen molar-refractivity contribution in [2.75, 3.05) is 0 Å². The molecule has 3 aromatic rings. The van der Waals surface area contributed by atoms with Crippen LogP contribution in [0, 0.1) is 10.1 Å². The Kier molecular flexibility index (Phi) is 6.61. The topological polar surface area (TPSA) is 90.1 Å². The largest absolute Gasteiger partial charge is 0.345 e. The maximum Gasteiger partial charge on any atom is 0.307 e. The summed E-state index contributed by atoms with van der Waals surface area (Å²) in [5, 5.41) is 17.9. The maximum absolute atomic E-state index is 12.8. The van der Waals surface area contributed by atoms with Crippen LogP contribution in [0.4, 0.5) is 5.69 Å². The predicted molar refractivity (Wildman–Crippen MR) is 115 cm³/mol. The first-order valence-corrected chi connectivity index (χ1v) is 10.0. The van der Waals surface area contributed by atoms with Crippen LogP contribution in [0.25, 0.3) is 0 Å². The van der Waals surface area contributed by atoms with Crippen molar-refractivity contribution < 1.29 is 9.72 Å². The molecule has 0 bridgehead atoms. The summed E-state index contributed by atoms with van der Waals surface area (Å²) in [4.78, 5) is 23.2. The monoisotopic (exact) mass is 406 g/mol. The molecule has 0 unspecified atom stereocenters. The Balaban J connectivity index is 1.70. The molecule has 156 valence electrons. The molecule has 1 aromatic heterocycles. The van der Waals surface area contributed by atoms with Gasteiger partial charge in [-0.2, -0.15) is 5.10 Å². The first-order valence-electron chi connectivity index (χ1n) is 10.0. The van der Waals surface area contributed by atoms with Crippen LogP contribution in [0.3, 0.4) is 0 Å². The number of hydrogen-bond donors (Lipinski definition) is 1. The van der Waals surface area contributed by atoms with E-state index >= 15 is 0 Å². The van der Waals surface area contributed by atoms with E-state index in [0.29, 0.717) is 18.0 Å². The third-order valence-corrected chi connectivity index (χ3v) is 5.08. The Labute approximate surface area is 175 Å². The minimum atomic E-state index is -0.480. The summed E-state index contributed by atoms with van der Waals surface area (Å²) in [5.41, 5.74) is 3.68. The number of aromatic nitrogens is 2. The Morgan fingerprint density at radius 2 is 1.87 bits per heavy atom. The number of nitrogens with zero attached hydrogens (tertiary/aromatic N) is 3. The lowest BCUT2D eigenvalue weighted by Gasteiger charge is -2.19. The lowest BCUT2D eigenvalue weighted by molar-refractivity contribution is -0.385. The summed E-state index contributed by atoms with van der Waals surface area (Å²) in [5.74, 6) is 0.316. The van der Waals surface area contributed by atoms with Gasteiger partial charge >= 0.3 is 5.69 Å². The van der Waals surface area contributed by atoms with Gasteiger partial charge in [0, 0.05) is 5.56 Å². The van der Waals surface area contributed by atoms with Crippen LogP contribution in [-0.4, -0.2) is 20.6 Å². The molecule has 0 saturated carbocycles. The van der Waals surface area contributed by atoms with Gasteiger partial charge in [0.1, 0.15) is 12.4 Å². The molecular formula is C23H26N4O3. The number of rotatable bonds is 8. The molecule has 1 atom stereocenters. The molecule has 7 nitrogen and oxygen atoms in total. The highest BCUT2D eigenvalue weighted by Crippen LogP contribution is 2.21. The highest BCUT2D eigenvalue weighted by Gasteiger charge is 2.15. The van der Waals surface area contributed by atoms with E-state index in [9.17, 15) is 14.9 Å². The minimum absolute atomic E-state index is 0.0572. The summed E-state index contributed by atoms with van der Waals surface area (Å²) < 4.78 is 1.49. The molecule has 0 aliphatic rings. The van der Waals surface area contributed by atoms with Crippen molar-refractivity contribution in [1.82, 2.24) is 15.1 Å². The summed E-state index contributed by atoms with van der Waals surface area (Å²) in [6, 6.07) is 15.5. The zero-order valence-corrected chi connectivity index (χ0v) is 17.4. The molecule has 3 rings (SSSR count). The van der Waals surface area contributed by atoms with Gasteiger partial charge in [0.05, 0.1) is 17.5 Å². The first-order chi connectivity index (χ1) is 14.4. The number of hydrogen-bond acceptors (Lipinski definition) is 4. The molecule has 1 heterocycles. The van der Waals surface area contributed by atoms with Crippen LogP contribution >= 0.6 is 0 Å². The summed E-state index contributed by atoms with van der Waals surface area (Å²) in [6.45, 7) is 6.70. The fraction of sp³-hybridized carbons (Fsp3) is 0.304. The number of carbonyl (C=O) groups excluding carboxylic acids is 1. The van der Waals surface area contributed by atoms with Gasteiger partial charge in [0.15, 0.2) is 0 Å². The highest BCUT2D eigenvalue weighted by atomic mass is 16.6. The van der Waals surface area contributed by atoms with E-state index in [0.717, 1.165) is 17.5 Å². The van der Waals surface area contributed by atoms with Crippen molar-refractivity contribution in [2.45, 2.75) is 45.7 Å². The third kappa shape index (κ3) is 5.11. The van der Waals surface area contributed by atoms with Gasteiger partial charge in [-0.1, -0.05) is 57.2 Å². The molecule has 0 saturated heterocycles. The fourth-order valence-electron chi connectivity index (χ4n) is 3.31. The second-order valence-corrected chi connectivity index (χ2v) is 7.61. The third-order valence-electron chi connectivity index (χ3n) is 5.08. The van der Waals surface area contributed by atoms with E-state index in [2.05, 4.69) is 48.5 Å². The Hall–Kier alpha value is -3.48. The zero-order valence-electron chi connectivity index (χ0n) is 17.4.